The van der Waals surface area contributed by atoms with Crippen molar-refractivity contribution in [3.8, 4) is 17.1 Å². The molecule has 2 unspecified atom stereocenters. The minimum atomic E-state index is -0.404. The number of ether oxygens (including phenoxy) is 1. The highest BCUT2D eigenvalue weighted by atomic mass is 16.5. The zero-order chi connectivity index (χ0) is 17.9. The number of aromatic nitrogens is 3. The van der Waals surface area contributed by atoms with Crippen LogP contribution in [-0.2, 0) is 6.54 Å². The van der Waals surface area contributed by atoms with Crippen molar-refractivity contribution < 1.29 is 14.4 Å². The second kappa shape index (κ2) is 7.23. The topological polar surface area (TPSA) is 84.5 Å². The van der Waals surface area contributed by atoms with E-state index < -0.39 is 6.10 Å². The van der Waals surface area contributed by atoms with Gasteiger partial charge in [-0.1, -0.05) is 5.16 Å². The SMILES string of the molecule is COc1ccc(-c2noc(C3CC(O)CN3Cc3ccncc3)n2)cc1. The van der Waals surface area contributed by atoms with E-state index in [9.17, 15) is 5.11 Å². The van der Waals surface area contributed by atoms with E-state index in [2.05, 4.69) is 20.0 Å². The summed E-state index contributed by atoms with van der Waals surface area (Å²) >= 11 is 0. The molecule has 4 rings (SSSR count). The lowest BCUT2D eigenvalue weighted by Gasteiger charge is -2.20. The van der Waals surface area contributed by atoms with E-state index in [4.69, 9.17) is 9.26 Å². The highest BCUT2D eigenvalue weighted by Gasteiger charge is 2.35. The van der Waals surface area contributed by atoms with Crippen molar-refractivity contribution in [1.82, 2.24) is 20.0 Å². The second-order valence-electron chi connectivity index (χ2n) is 6.37. The zero-order valence-electron chi connectivity index (χ0n) is 14.4. The molecular weight excluding hydrogens is 332 g/mol. The number of pyridine rings is 1. The van der Waals surface area contributed by atoms with Crippen LogP contribution >= 0.6 is 0 Å². The molecule has 0 spiro atoms. The Labute approximate surface area is 151 Å². The first-order valence-electron chi connectivity index (χ1n) is 8.52. The monoisotopic (exact) mass is 352 g/mol. The molecule has 7 nitrogen and oxygen atoms in total. The van der Waals surface area contributed by atoms with Crippen LogP contribution in [0.5, 0.6) is 5.75 Å². The van der Waals surface area contributed by atoms with Gasteiger partial charge in [0.1, 0.15) is 5.75 Å². The summed E-state index contributed by atoms with van der Waals surface area (Å²) in [6.45, 7) is 1.28. The Kier molecular flexibility index (Phi) is 4.64. The molecular formula is C19H20N4O3. The number of likely N-dealkylation sites (tertiary alicyclic amines) is 1. The van der Waals surface area contributed by atoms with Gasteiger partial charge in [-0.15, -0.1) is 0 Å². The Bertz CT molecular complexity index is 851. The minimum Gasteiger partial charge on any atom is -0.497 e. The third-order valence-corrected chi connectivity index (χ3v) is 4.59. The molecule has 7 heteroatoms. The number of aliphatic hydroxyl groups is 1. The Hall–Kier alpha value is -2.77. The number of nitrogens with zero attached hydrogens (tertiary/aromatic N) is 4. The van der Waals surface area contributed by atoms with Crippen LogP contribution in [0.3, 0.4) is 0 Å². The van der Waals surface area contributed by atoms with Crippen LogP contribution in [0, 0.1) is 0 Å². The first-order chi connectivity index (χ1) is 12.7. The van der Waals surface area contributed by atoms with Gasteiger partial charge in [0.15, 0.2) is 0 Å². The third-order valence-electron chi connectivity index (χ3n) is 4.59. The number of methoxy groups -OCH3 is 1. The van der Waals surface area contributed by atoms with E-state index in [1.54, 1.807) is 19.5 Å². The van der Waals surface area contributed by atoms with Crippen molar-refractivity contribution in [2.24, 2.45) is 0 Å². The van der Waals surface area contributed by atoms with E-state index in [0.717, 1.165) is 16.9 Å². The standard InChI is InChI=1S/C19H20N4O3/c1-25-16-4-2-14(3-5-16)18-21-19(26-22-18)17-10-15(24)12-23(17)11-13-6-8-20-9-7-13/h2-9,15,17,24H,10-12H2,1H3. The fourth-order valence-corrected chi connectivity index (χ4v) is 3.26. The number of aliphatic hydroxyl groups excluding tert-OH is 1. The summed E-state index contributed by atoms with van der Waals surface area (Å²) in [5.74, 6) is 1.84. The average molecular weight is 352 g/mol. The van der Waals surface area contributed by atoms with Gasteiger partial charge >= 0.3 is 0 Å². The maximum atomic E-state index is 10.1. The number of rotatable bonds is 5. The van der Waals surface area contributed by atoms with E-state index in [-0.39, 0.29) is 6.04 Å². The highest BCUT2D eigenvalue weighted by Crippen LogP contribution is 2.33. The summed E-state index contributed by atoms with van der Waals surface area (Å²) in [6, 6.07) is 11.4. The molecule has 1 aliphatic heterocycles. The summed E-state index contributed by atoms with van der Waals surface area (Å²) in [5.41, 5.74) is 1.99. The smallest absolute Gasteiger partial charge is 0.244 e. The molecule has 1 aromatic carbocycles. The fourth-order valence-electron chi connectivity index (χ4n) is 3.26. The average Bonchev–Trinajstić information content (AvgIpc) is 3.29. The molecule has 26 heavy (non-hydrogen) atoms. The van der Waals surface area contributed by atoms with Gasteiger partial charge in [0.2, 0.25) is 11.7 Å². The van der Waals surface area contributed by atoms with Crippen LogP contribution in [0.25, 0.3) is 11.4 Å². The summed E-state index contributed by atoms with van der Waals surface area (Å²) in [4.78, 5) is 10.8. The van der Waals surface area contributed by atoms with Crippen molar-refractivity contribution in [1.29, 1.82) is 0 Å². The predicted octanol–water partition coefficient (Wildman–Crippen LogP) is 2.45. The Balaban J connectivity index is 1.54. The molecule has 2 atom stereocenters. The summed E-state index contributed by atoms with van der Waals surface area (Å²) < 4.78 is 10.7. The van der Waals surface area contributed by atoms with Crippen molar-refractivity contribution in [3.63, 3.8) is 0 Å². The lowest BCUT2D eigenvalue weighted by molar-refractivity contribution is 0.169. The Morgan fingerprint density at radius 3 is 2.69 bits per heavy atom. The summed E-state index contributed by atoms with van der Waals surface area (Å²) in [7, 11) is 1.63. The predicted molar refractivity (Wildman–Crippen MR) is 94.3 cm³/mol. The maximum Gasteiger partial charge on any atom is 0.244 e. The third kappa shape index (κ3) is 3.44. The Morgan fingerprint density at radius 2 is 1.96 bits per heavy atom. The number of hydrogen-bond donors (Lipinski definition) is 1. The van der Waals surface area contributed by atoms with Crippen LogP contribution in [0.2, 0.25) is 0 Å². The number of β-amino-alcohol motifs (C(OH)–C–C–N with tert-alkyl or cyclic N) is 1. The van der Waals surface area contributed by atoms with Crippen LogP contribution in [0.1, 0.15) is 23.9 Å². The molecule has 2 aromatic heterocycles. The first-order valence-corrected chi connectivity index (χ1v) is 8.52. The molecule has 1 fully saturated rings. The first kappa shape index (κ1) is 16.7. The van der Waals surface area contributed by atoms with Crippen LogP contribution in [0.4, 0.5) is 0 Å². The summed E-state index contributed by atoms with van der Waals surface area (Å²) in [5, 5.41) is 14.2. The van der Waals surface area contributed by atoms with Crippen molar-refractivity contribution in [3.05, 3.63) is 60.2 Å². The van der Waals surface area contributed by atoms with Crippen LogP contribution in [0.15, 0.2) is 53.3 Å². The van der Waals surface area contributed by atoms with Gasteiger partial charge in [-0.25, -0.2) is 0 Å². The molecule has 1 saturated heterocycles. The van der Waals surface area contributed by atoms with E-state index in [0.29, 0.717) is 31.2 Å². The normalized spacial score (nSPS) is 20.4. The Morgan fingerprint density at radius 1 is 1.19 bits per heavy atom. The molecule has 3 aromatic rings. The van der Waals surface area contributed by atoms with Gasteiger partial charge in [-0.3, -0.25) is 9.88 Å². The largest absolute Gasteiger partial charge is 0.497 e. The highest BCUT2D eigenvalue weighted by molar-refractivity contribution is 5.55. The molecule has 0 amide bonds. The van der Waals surface area contributed by atoms with Gasteiger partial charge in [-0.2, -0.15) is 4.98 Å². The van der Waals surface area contributed by atoms with E-state index in [1.165, 1.54) is 0 Å². The van der Waals surface area contributed by atoms with E-state index >= 15 is 0 Å². The van der Waals surface area contributed by atoms with Gasteiger partial charge < -0.3 is 14.4 Å². The van der Waals surface area contributed by atoms with Gasteiger partial charge in [0, 0.05) is 31.0 Å². The molecule has 1 aliphatic rings. The second-order valence-corrected chi connectivity index (χ2v) is 6.37. The summed E-state index contributed by atoms with van der Waals surface area (Å²) in [6.07, 6.45) is 3.71. The van der Waals surface area contributed by atoms with Crippen molar-refractivity contribution in [2.45, 2.75) is 25.1 Å². The van der Waals surface area contributed by atoms with Crippen LogP contribution in [-0.4, -0.2) is 44.9 Å². The molecule has 0 saturated carbocycles. The molecule has 3 heterocycles. The van der Waals surface area contributed by atoms with Crippen molar-refractivity contribution in [2.75, 3.05) is 13.7 Å². The lowest BCUT2D eigenvalue weighted by atomic mass is 10.2. The quantitative estimate of drug-likeness (QED) is 0.755. The molecule has 0 radical (unpaired) electrons. The van der Waals surface area contributed by atoms with Gasteiger partial charge in [0.05, 0.1) is 19.3 Å². The zero-order valence-corrected chi connectivity index (χ0v) is 14.4. The van der Waals surface area contributed by atoms with E-state index in [1.807, 2.05) is 36.4 Å². The lowest BCUT2D eigenvalue weighted by Crippen LogP contribution is -2.24. The molecule has 134 valence electrons. The van der Waals surface area contributed by atoms with Gasteiger partial charge in [-0.05, 0) is 48.4 Å². The van der Waals surface area contributed by atoms with Crippen LogP contribution < -0.4 is 4.74 Å². The minimum absolute atomic E-state index is 0.0994. The fraction of sp³-hybridized carbons (Fsp3) is 0.316. The number of hydrogen-bond acceptors (Lipinski definition) is 7. The van der Waals surface area contributed by atoms with Gasteiger partial charge in [0.25, 0.3) is 0 Å². The molecule has 0 bridgehead atoms. The molecule has 1 N–H and O–H groups in total. The van der Waals surface area contributed by atoms with Crippen molar-refractivity contribution >= 4 is 0 Å². The maximum absolute atomic E-state index is 10.1. The number of benzene rings is 1. The molecule has 0 aliphatic carbocycles.